The number of benzene rings is 1. The Morgan fingerprint density at radius 2 is 1.75 bits per heavy atom. The largest absolute Gasteiger partial charge is 0.481 e. The summed E-state index contributed by atoms with van der Waals surface area (Å²) in [5.74, 6) is 0.206. The molecule has 1 aliphatic rings. The number of rotatable bonds is 1. The molecule has 114 valence electrons. The van der Waals surface area contributed by atoms with Gasteiger partial charge in [0.2, 0.25) is 11.7 Å². The topological polar surface area (TPSA) is 65.0 Å². The lowest BCUT2D eigenvalue weighted by Crippen LogP contribution is -2.15. The van der Waals surface area contributed by atoms with Gasteiger partial charge in [0.25, 0.3) is 0 Å². The van der Waals surface area contributed by atoms with Gasteiger partial charge < -0.3 is 4.74 Å². The molecule has 0 fully saturated rings. The van der Waals surface area contributed by atoms with Crippen molar-refractivity contribution >= 4 is 27.5 Å². The number of para-hydroxylation sites is 1. The number of hydrogen-bond donors (Lipinski definition) is 0. The molecular weight excluding hydrogens is 302 g/mol. The zero-order valence-corrected chi connectivity index (χ0v) is 12.8. The number of hydrogen-bond acceptors (Lipinski definition) is 5. The molecule has 1 aromatic carbocycles. The van der Waals surface area contributed by atoms with E-state index < -0.39 is 0 Å². The van der Waals surface area contributed by atoms with E-state index in [-0.39, 0.29) is 5.78 Å². The summed E-state index contributed by atoms with van der Waals surface area (Å²) in [4.78, 5) is 26.3. The normalized spacial score (nSPS) is 12.5. The van der Waals surface area contributed by atoms with E-state index in [2.05, 4.69) is 9.97 Å². The van der Waals surface area contributed by atoms with E-state index >= 15 is 0 Å². The number of fused-ring (bicyclic) bond motifs is 4. The molecule has 5 nitrogen and oxygen atoms in total. The molecule has 0 saturated carbocycles. The number of ketones is 1. The predicted molar refractivity (Wildman–Crippen MR) is 90.3 cm³/mol. The maximum atomic E-state index is 12.9. The second-order valence-corrected chi connectivity index (χ2v) is 5.64. The van der Waals surface area contributed by atoms with Gasteiger partial charge in [-0.3, -0.25) is 9.78 Å². The molecule has 5 heteroatoms. The van der Waals surface area contributed by atoms with Gasteiger partial charge in [0.05, 0.1) is 18.3 Å². The summed E-state index contributed by atoms with van der Waals surface area (Å²) in [7, 11) is 1.53. The van der Waals surface area contributed by atoms with Crippen molar-refractivity contribution in [3.63, 3.8) is 0 Å². The molecule has 0 radical (unpaired) electrons. The standard InChI is InChI=1S/C19H11N3O2/c1-24-14-7-6-12-16-15-11(10-4-2-3-5-13(10)21-16)8-9-20-18(15)19(23)17(12)22-14/h2-9H,1H3. The van der Waals surface area contributed by atoms with Crippen molar-refractivity contribution in [1.29, 1.82) is 0 Å². The summed E-state index contributed by atoms with van der Waals surface area (Å²) in [6, 6.07) is 13.4. The van der Waals surface area contributed by atoms with Crippen molar-refractivity contribution in [3.8, 4) is 17.1 Å². The summed E-state index contributed by atoms with van der Waals surface area (Å²) in [6.07, 6.45) is 1.66. The summed E-state index contributed by atoms with van der Waals surface area (Å²) >= 11 is 0. The summed E-state index contributed by atoms with van der Waals surface area (Å²) in [5.41, 5.74) is 3.08. The Hall–Kier alpha value is -3.34. The molecule has 0 amide bonds. The molecule has 0 unspecified atom stereocenters. The van der Waals surface area contributed by atoms with Crippen LogP contribution in [0.2, 0.25) is 0 Å². The van der Waals surface area contributed by atoms with E-state index in [0.29, 0.717) is 17.3 Å². The van der Waals surface area contributed by atoms with Gasteiger partial charge in [-0.1, -0.05) is 18.2 Å². The number of ether oxygens (including phenoxy) is 1. The quantitative estimate of drug-likeness (QED) is 0.444. The molecule has 3 heterocycles. The lowest BCUT2D eigenvalue weighted by molar-refractivity contribution is 0.103. The highest BCUT2D eigenvalue weighted by atomic mass is 16.5. The molecular formula is C19H11N3O2. The highest BCUT2D eigenvalue weighted by Crippen LogP contribution is 2.39. The predicted octanol–water partition coefficient (Wildman–Crippen LogP) is 3.40. The minimum Gasteiger partial charge on any atom is -0.481 e. The van der Waals surface area contributed by atoms with Crippen LogP contribution in [-0.2, 0) is 0 Å². The minimum absolute atomic E-state index is 0.195. The van der Waals surface area contributed by atoms with Gasteiger partial charge >= 0.3 is 0 Å². The van der Waals surface area contributed by atoms with Crippen molar-refractivity contribution in [2.75, 3.05) is 7.11 Å². The molecule has 24 heavy (non-hydrogen) atoms. The van der Waals surface area contributed by atoms with E-state index in [1.165, 1.54) is 7.11 Å². The molecule has 3 aromatic heterocycles. The number of pyridine rings is 3. The molecule has 0 bridgehead atoms. The Balaban J connectivity index is 2.01. The number of carbonyl (C=O) groups excluding carboxylic acids is 1. The Kier molecular flexibility index (Phi) is 2.51. The van der Waals surface area contributed by atoms with Crippen molar-refractivity contribution in [2.24, 2.45) is 0 Å². The van der Waals surface area contributed by atoms with Crippen LogP contribution in [0, 0.1) is 0 Å². The summed E-state index contributed by atoms with van der Waals surface area (Å²) in [5, 5.41) is 2.79. The van der Waals surface area contributed by atoms with Crippen LogP contribution in [0.3, 0.4) is 0 Å². The van der Waals surface area contributed by atoms with Gasteiger partial charge in [-0.15, -0.1) is 0 Å². The van der Waals surface area contributed by atoms with E-state index in [9.17, 15) is 4.79 Å². The summed E-state index contributed by atoms with van der Waals surface area (Å²) in [6.45, 7) is 0. The average molecular weight is 313 g/mol. The zero-order chi connectivity index (χ0) is 16.3. The first-order chi connectivity index (χ1) is 11.8. The lowest BCUT2D eigenvalue weighted by atomic mass is 9.90. The second-order valence-electron chi connectivity index (χ2n) is 5.64. The van der Waals surface area contributed by atoms with Crippen molar-refractivity contribution in [3.05, 3.63) is 60.0 Å². The van der Waals surface area contributed by atoms with Gasteiger partial charge in [-0.25, -0.2) is 9.97 Å². The minimum atomic E-state index is -0.195. The number of aromatic nitrogens is 3. The van der Waals surface area contributed by atoms with Crippen LogP contribution in [0.25, 0.3) is 32.9 Å². The van der Waals surface area contributed by atoms with Gasteiger partial charge in [0, 0.05) is 28.6 Å². The van der Waals surface area contributed by atoms with E-state index in [1.807, 2.05) is 36.4 Å². The Morgan fingerprint density at radius 3 is 2.62 bits per heavy atom. The molecule has 0 atom stereocenters. The molecule has 0 aliphatic heterocycles. The van der Waals surface area contributed by atoms with Crippen LogP contribution in [0.15, 0.2) is 48.7 Å². The maximum Gasteiger partial charge on any atom is 0.231 e. The maximum absolute atomic E-state index is 12.9. The third kappa shape index (κ3) is 1.58. The number of methoxy groups -OCH3 is 1. The lowest BCUT2D eigenvalue weighted by Gasteiger charge is -2.19. The number of nitrogens with zero attached hydrogens (tertiary/aromatic N) is 3. The summed E-state index contributed by atoms with van der Waals surface area (Å²) < 4.78 is 5.16. The van der Waals surface area contributed by atoms with E-state index in [0.717, 1.165) is 32.9 Å². The Labute approximate surface area is 137 Å². The highest BCUT2D eigenvalue weighted by Gasteiger charge is 2.30. The van der Waals surface area contributed by atoms with Gasteiger partial charge in [-0.2, -0.15) is 0 Å². The molecule has 0 N–H and O–H groups in total. The first kappa shape index (κ1) is 13.1. The van der Waals surface area contributed by atoms with Crippen LogP contribution in [0.1, 0.15) is 16.2 Å². The van der Waals surface area contributed by atoms with Crippen LogP contribution >= 0.6 is 0 Å². The van der Waals surface area contributed by atoms with Crippen molar-refractivity contribution < 1.29 is 9.53 Å². The van der Waals surface area contributed by atoms with Crippen molar-refractivity contribution in [2.45, 2.75) is 0 Å². The average Bonchev–Trinajstić information content (AvgIpc) is 2.65. The fourth-order valence-electron chi connectivity index (χ4n) is 3.30. The smallest absolute Gasteiger partial charge is 0.231 e. The number of carbonyl (C=O) groups is 1. The Morgan fingerprint density at radius 1 is 0.875 bits per heavy atom. The third-order valence-electron chi connectivity index (χ3n) is 4.38. The fraction of sp³-hybridized carbons (Fsp3) is 0.0526. The molecule has 4 aromatic rings. The van der Waals surface area contributed by atoms with Crippen LogP contribution in [-0.4, -0.2) is 27.8 Å². The Bertz CT molecular complexity index is 1170. The van der Waals surface area contributed by atoms with Crippen molar-refractivity contribution in [1.82, 2.24) is 15.0 Å². The monoisotopic (exact) mass is 313 g/mol. The van der Waals surface area contributed by atoms with Gasteiger partial charge in [-0.05, 0) is 23.6 Å². The second kappa shape index (κ2) is 4.58. The molecule has 0 spiro atoms. The van der Waals surface area contributed by atoms with E-state index in [4.69, 9.17) is 9.72 Å². The van der Waals surface area contributed by atoms with E-state index in [1.54, 1.807) is 12.3 Å². The van der Waals surface area contributed by atoms with Gasteiger partial charge in [0.15, 0.2) is 0 Å². The zero-order valence-electron chi connectivity index (χ0n) is 12.8. The molecule has 0 saturated heterocycles. The van der Waals surface area contributed by atoms with Gasteiger partial charge in [0.1, 0.15) is 11.4 Å². The first-order valence-corrected chi connectivity index (χ1v) is 7.55. The van der Waals surface area contributed by atoms with Crippen LogP contribution < -0.4 is 4.74 Å². The SMILES string of the molecule is COc1ccc2c(n1)C(=O)c1nccc3c1c-2nc1ccccc13. The van der Waals surface area contributed by atoms with Crippen LogP contribution in [0.4, 0.5) is 0 Å². The highest BCUT2D eigenvalue weighted by molar-refractivity contribution is 6.26. The third-order valence-corrected chi connectivity index (χ3v) is 4.38. The first-order valence-electron chi connectivity index (χ1n) is 7.55. The molecule has 1 aliphatic carbocycles. The van der Waals surface area contributed by atoms with Crippen LogP contribution in [0.5, 0.6) is 5.88 Å². The molecule has 5 rings (SSSR count). The fourth-order valence-corrected chi connectivity index (χ4v) is 3.30.